The maximum atomic E-state index is 11.6. The molecule has 3 atom stereocenters. The molecular weight excluding hydrogens is 295 g/mol. The van der Waals surface area contributed by atoms with Gasteiger partial charge in [-0.1, -0.05) is 0 Å². The summed E-state index contributed by atoms with van der Waals surface area (Å²) in [7, 11) is -4.62. The molecule has 1 aromatic heterocycles. The summed E-state index contributed by atoms with van der Waals surface area (Å²) in [6, 6.07) is 1.09. The lowest BCUT2D eigenvalue weighted by molar-refractivity contribution is -0.0525. The van der Waals surface area contributed by atoms with Crippen LogP contribution in [0, 0.1) is 0 Å². The van der Waals surface area contributed by atoms with Crippen molar-refractivity contribution in [2.45, 2.75) is 24.9 Å². The van der Waals surface area contributed by atoms with E-state index >= 15 is 0 Å². The van der Waals surface area contributed by atoms with E-state index < -0.39 is 44.1 Å². The van der Waals surface area contributed by atoms with Gasteiger partial charge in [0.1, 0.15) is 6.10 Å². The Hall–Kier alpha value is -1.29. The third-order valence-corrected chi connectivity index (χ3v) is 3.20. The van der Waals surface area contributed by atoms with Crippen molar-refractivity contribution in [1.29, 1.82) is 0 Å². The molecule has 2 heterocycles. The summed E-state index contributed by atoms with van der Waals surface area (Å²) in [4.78, 5) is 41.7. The second kappa shape index (κ2) is 5.60. The van der Waals surface area contributed by atoms with Gasteiger partial charge in [-0.15, -0.1) is 0 Å². The van der Waals surface area contributed by atoms with Crippen LogP contribution in [0.25, 0.3) is 0 Å². The minimum absolute atomic E-state index is 0.0379. The average molecular weight is 308 g/mol. The molecule has 1 aromatic rings. The first-order chi connectivity index (χ1) is 9.26. The summed E-state index contributed by atoms with van der Waals surface area (Å²) in [5.41, 5.74) is -1.33. The lowest BCUT2D eigenvalue weighted by Gasteiger charge is -2.17. The highest BCUT2D eigenvalue weighted by Crippen LogP contribution is 2.37. The molecule has 1 fully saturated rings. The molecule has 0 amide bonds. The molecule has 4 N–H and O–H groups in total. The quantitative estimate of drug-likeness (QED) is 0.480. The third kappa shape index (κ3) is 3.63. The number of phosphoric acid groups is 1. The lowest BCUT2D eigenvalue weighted by Crippen LogP contribution is -2.34. The van der Waals surface area contributed by atoms with E-state index in [0.717, 1.165) is 10.6 Å². The molecule has 0 bridgehead atoms. The van der Waals surface area contributed by atoms with Crippen LogP contribution in [-0.2, 0) is 13.8 Å². The second-order valence-corrected chi connectivity index (χ2v) is 5.49. The van der Waals surface area contributed by atoms with Crippen LogP contribution in [0.3, 0.4) is 0 Å². The standard InChI is InChI=1S/C9H13N2O8P/c12-6-3-5(4-18-20(15,16)17)19-8(6)11-2-1-7(13)10-9(11)14/h1-2,5-6,8,12H,3-4H2,(H,10,13,14)(H2,15,16,17)/t5-,6-,8+/m0/s1. The molecule has 1 aliphatic rings. The van der Waals surface area contributed by atoms with Crippen LogP contribution in [0.1, 0.15) is 12.6 Å². The van der Waals surface area contributed by atoms with Gasteiger partial charge in [0, 0.05) is 18.7 Å². The Bertz CT molecular complexity index is 633. The van der Waals surface area contributed by atoms with E-state index in [0.29, 0.717) is 0 Å². The lowest BCUT2D eigenvalue weighted by atomic mass is 10.2. The number of rotatable bonds is 4. The third-order valence-electron chi connectivity index (χ3n) is 2.72. The molecule has 0 aromatic carbocycles. The van der Waals surface area contributed by atoms with E-state index in [1.54, 1.807) is 0 Å². The maximum Gasteiger partial charge on any atom is 0.469 e. The highest BCUT2D eigenvalue weighted by molar-refractivity contribution is 7.46. The van der Waals surface area contributed by atoms with Crippen LogP contribution in [0.15, 0.2) is 21.9 Å². The van der Waals surface area contributed by atoms with Crippen LogP contribution in [0.4, 0.5) is 0 Å². The molecule has 1 aliphatic heterocycles. The van der Waals surface area contributed by atoms with Gasteiger partial charge in [-0.25, -0.2) is 9.36 Å². The fourth-order valence-corrected chi connectivity index (χ4v) is 2.26. The van der Waals surface area contributed by atoms with E-state index in [1.807, 2.05) is 4.98 Å². The first kappa shape index (κ1) is 15.1. The minimum atomic E-state index is -4.62. The fraction of sp³-hybridized carbons (Fsp3) is 0.556. The van der Waals surface area contributed by atoms with Gasteiger partial charge < -0.3 is 19.6 Å². The van der Waals surface area contributed by atoms with E-state index in [-0.39, 0.29) is 6.42 Å². The minimum Gasteiger partial charge on any atom is -0.388 e. The van der Waals surface area contributed by atoms with Gasteiger partial charge in [0.05, 0.1) is 12.7 Å². The zero-order chi connectivity index (χ0) is 14.9. The van der Waals surface area contributed by atoms with E-state index in [9.17, 15) is 19.3 Å². The summed E-state index contributed by atoms with van der Waals surface area (Å²) >= 11 is 0. The van der Waals surface area contributed by atoms with Crippen molar-refractivity contribution in [3.63, 3.8) is 0 Å². The van der Waals surface area contributed by atoms with Gasteiger partial charge in [-0.3, -0.25) is 18.9 Å². The number of phosphoric ester groups is 1. The van der Waals surface area contributed by atoms with Crippen molar-refractivity contribution in [3.8, 4) is 0 Å². The van der Waals surface area contributed by atoms with Gasteiger partial charge in [0.15, 0.2) is 6.23 Å². The normalized spacial score (nSPS) is 26.9. The zero-order valence-electron chi connectivity index (χ0n) is 10.1. The largest absolute Gasteiger partial charge is 0.469 e. The second-order valence-electron chi connectivity index (χ2n) is 4.26. The van der Waals surface area contributed by atoms with Crippen molar-refractivity contribution in [2.75, 3.05) is 6.61 Å². The summed E-state index contributed by atoms with van der Waals surface area (Å²) in [5, 5.41) is 9.81. The van der Waals surface area contributed by atoms with E-state index in [1.165, 1.54) is 6.20 Å². The molecular formula is C9H13N2O8P. The van der Waals surface area contributed by atoms with Crippen molar-refractivity contribution in [2.24, 2.45) is 0 Å². The predicted molar refractivity (Wildman–Crippen MR) is 63.9 cm³/mol. The van der Waals surface area contributed by atoms with Gasteiger partial charge in [-0.05, 0) is 0 Å². The monoisotopic (exact) mass is 308 g/mol. The Morgan fingerprint density at radius 3 is 2.80 bits per heavy atom. The summed E-state index contributed by atoms with van der Waals surface area (Å²) in [6.07, 6.45) is -1.69. The highest BCUT2D eigenvalue weighted by atomic mass is 31.2. The van der Waals surface area contributed by atoms with Gasteiger partial charge >= 0.3 is 13.5 Å². The zero-order valence-corrected chi connectivity index (χ0v) is 11.0. The van der Waals surface area contributed by atoms with Crippen LogP contribution < -0.4 is 11.2 Å². The molecule has 0 saturated carbocycles. The smallest absolute Gasteiger partial charge is 0.388 e. The number of nitrogens with zero attached hydrogens (tertiary/aromatic N) is 1. The molecule has 0 spiro atoms. The molecule has 112 valence electrons. The number of aliphatic hydroxyl groups is 1. The molecule has 0 radical (unpaired) electrons. The summed E-state index contributed by atoms with van der Waals surface area (Å²) in [6.45, 7) is -0.421. The SMILES string of the molecule is O=c1ccn([C@@H]2O[C@H](COP(=O)(O)O)C[C@@H]2O)c(=O)[nH]1. The summed E-state index contributed by atoms with van der Waals surface area (Å²) in [5.74, 6) is 0. The number of hydrogen-bond donors (Lipinski definition) is 4. The van der Waals surface area contributed by atoms with Gasteiger partial charge in [-0.2, -0.15) is 0 Å². The Morgan fingerprint density at radius 1 is 1.50 bits per heavy atom. The summed E-state index contributed by atoms with van der Waals surface area (Å²) < 4.78 is 21.1. The number of ether oxygens (including phenoxy) is 1. The molecule has 0 unspecified atom stereocenters. The topological polar surface area (TPSA) is 151 Å². The number of aromatic nitrogens is 2. The van der Waals surface area contributed by atoms with Crippen LogP contribution in [0.2, 0.25) is 0 Å². The van der Waals surface area contributed by atoms with Crippen molar-refractivity contribution in [1.82, 2.24) is 9.55 Å². The highest BCUT2D eigenvalue weighted by Gasteiger charge is 2.36. The van der Waals surface area contributed by atoms with Gasteiger partial charge in [0.2, 0.25) is 0 Å². The van der Waals surface area contributed by atoms with E-state index in [2.05, 4.69) is 4.52 Å². The Balaban J connectivity index is 2.09. The van der Waals surface area contributed by atoms with Crippen molar-refractivity contribution in [3.05, 3.63) is 33.1 Å². The Labute approximate surface area is 111 Å². The number of H-pyrrole nitrogens is 1. The molecule has 11 heteroatoms. The molecule has 10 nitrogen and oxygen atoms in total. The van der Waals surface area contributed by atoms with Crippen molar-refractivity contribution >= 4 is 7.82 Å². The van der Waals surface area contributed by atoms with Crippen LogP contribution in [0.5, 0.6) is 0 Å². The number of hydrogen-bond acceptors (Lipinski definition) is 6. The van der Waals surface area contributed by atoms with Crippen LogP contribution >= 0.6 is 7.82 Å². The number of aromatic amines is 1. The first-order valence-corrected chi connectivity index (χ1v) is 7.14. The predicted octanol–water partition coefficient (Wildman–Crippen LogP) is -1.71. The molecule has 1 saturated heterocycles. The van der Waals surface area contributed by atoms with Crippen molar-refractivity contribution < 1.29 is 28.7 Å². The van der Waals surface area contributed by atoms with Gasteiger partial charge in [0.25, 0.3) is 5.56 Å². The Morgan fingerprint density at radius 2 is 2.20 bits per heavy atom. The Kier molecular flexibility index (Phi) is 4.23. The van der Waals surface area contributed by atoms with Crippen LogP contribution in [-0.4, -0.2) is 43.3 Å². The average Bonchev–Trinajstić information content (AvgIpc) is 2.67. The maximum absolute atomic E-state index is 11.6. The number of nitrogens with one attached hydrogen (secondary N) is 1. The van der Waals surface area contributed by atoms with E-state index in [4.69, 9.17) is 14.5 Å². The molecule has 0 aliphatic carbocycles. The fourth-order valence-electron chi connectivity index (χ4n) is 1.90. The molecule has 20 heavy (non-hydrogen) atoms. The number of aliphatic hydroxyl groups excluding tert-OH is 1. The first-order valence-electron chi connectivity index (χ1n) is 5.61. The molecule has 2 rings (SSSR count).